The molecule has 0 unspecified atom stereocenters. The van der Waals surface area contributed by atoms with Crippen molar-refractivity contribution < 1.29 is 22.4 Å². The van der Waals surface area contributed by atoms with Crippen molar-refractivity contribution in [2.45, 2.75) is 19.5 Å². The van der Waals surface area contributed by atoms with Gasteiger partial charge in [0.15, 0.2) is 0 Å². The van der Waals surface area contributed by atoms with Gasteiger partial charge in [-0.25, -0.2) is 12.8 Å². The van der Waals surface area contributed by atoms with Crippen LogP contribution in [0.4, 0.5) is 10.1 Å². The van der Waals surface area contributed by atoms with E-state index in [1.165, 1.54) is 18.0 Å². The van der Waals surface area contributed by atoms with Gasteiger partial charge >= 0.3 is 0 Å². The first-order valence-corrected chi connectivity index (χ1v) is 12.1. The van der Waals surface area contributed by atoms with Crippen LogP contribution in [0, 0.1) is 5.82 Å². The van der Waals surface area contributed by atoms with E-state index in [-0.39, 0.29) is 17.3 Å². The summed E-state index contributed by atoms with van der Waals surface area (Å²) in [7, 11) is -2.46. The Morgan fingerprint density at radius 2 is 1.81 bits per heavy atom. The first-order valence-electron chi connectivity index (χ1n) is 9.12. The van der Waals surface area contributed by atoms with E-state index in [0.717, 1.165) is 32.7 Å². The predicted octanol–water partition coefficient (Wildman–Crippen LogP) is 3.17. The van der Waals surface area contributed by atoms with E-state index in [1.807, 2.05) is 0 Å². The highest BCUT2D eigenvalue weighted by atomic mass is 79.9. The second-order valence-electron chi connectivity index (χ2n) is 6.81. The molecule has 0 saturated carbocycles. The molecule has 2 amide bonds. The average molecular weight is 535 g/mol. The van der Waals surface area contributed by atoms with Crippen LogP contribution >= 0.6 is 27.5 Å². The Kier molecular flexibility index (Phi) is 8.44. The van der Waals surface area contributed by atoms with Crippen LogP contribution in [0.15, 0.2) is 46.9 Å². The molecule has 0 heterocycles. The molecule has 11 heteroatoms. The summed E-state index contributed by atoms with van der Waals surface area (Å²) >= 11 is 9.13. The first kappa shape index (κ1) is 25.1. The van der Waals surface area contributed by atoms with Gasteiger partial charge in [-0.3, -0.25) is 13.9 Å². The number of halogens is 3. The molecule has 31 heavy (non-hydrogen) atoms. The van der Waals surface area contributed by atoms with Crippen LogP contribution in [0.25, 0.3) is 0 Å². The number of benzene rings is 2. The topological polar surface area (TPSA) is 86.8 Å². The quantitative estimate of drug-likeness (QED) is 0.564. The van der Waals surface area contributed by atoms with Crippen molar-refractivity contribution in [3.8, 4) is 0 Å². The van der Waals surface area contributed by atoms with Gasteiger partial charge < -0.3 is 10.2 Å². The summed E-state index contributed by atoms with van der Waals surface area (Å²) in [6, 6.07) is 9.68. The van der Waals surface area contributed by atoms with Gasteiger partial charge in [0.25, 0.3) is 0 Å². The molecule has 7 nitrogen and oxygen atoms in total. The molecule has 0 aromatic heterocycles. The van der Waals surface area contributed by atoms with Crippen molar-refractivity contribution in [1.29, 1.82) is 0 Å². The second-order valence-corrected chi connectivity index (χ2v) is 10.0. The summed E-state index contributed by atoms with van der Waals surface area (Å²) in [4.78, 5) is 26.7. The van der Waals surface area contributed by atoms with Crippen molar-refractivity contribution in [1.82, 2.24) is 10.2 Å². The van der Waals surface area contributed by atoms with Gasteiger partial charge in [-0.15, -0.1) is 0 Å². The van der Waals surface area contributed by atoms with E-state index in [2.05, 4.69) is 21.2 Å². The second kappa shape index (κ2) is 10.4. The number of nitrogens with zero attached hydrogens (tertiary/aromatic N) is 2. The Bertz CT molecular complexity index is 1070. The first-order chi connectivity index (χ1) is 14.4. The molecule has 2 aromatic rings. The van der Waals surface area contributed by atoms with E-state index in [0.29, 0.717) is 0 Å². The monoisotopic (exact) mass is 533 g/mol. The summed E-state index contributed by atoms with van der Waals surface area (Å²) in [6.45, 7) is 1.05. The standard InChI is InChI=1S/C20H22BrClFN3O4S/c1-13(20(28)24-2)25(11-14-4-6-15(21)7-5-14)19(27)12-26(31(3,29)30)16-8-9-18(23)17(22)10-16/h4-10,13H,11-12H2,1-3H3,(H,24,28)/t13-/m1/s1. The Balaban J connectivity index is 2.39. The number of carbonyl (C=O) groups is 2. The van der Waals surface area contributed by atoms with Crippen LogP contribution in [0.1, 0.15) is 12.5 Å². The molecule has 0 fully saturated rings. The number of amides is 2. The minimum absolute atomic E-state index is 0.0402. The van der Waals surface area contributed by atoms with Gasteiger partial charge in [0.1, 0.15) is 18.4 Å². The lowest BCUT2D eigenvalue weighted by Crippen LogP contribution is -2.50. The highest BCUT2D eigenvalue weighted by molar-refractivity contribution is 9.10. The molecule has 0 aliphatic carbocycles. The summed E-state index contributed by atoms with van der Waals surface area (Å²) < 4.78 is 40.0. The molecule has 0 saturated heterocycles. The van der Waals surface area contributed by atoms with Gasteiger partial charge in [-0.2, -0.15) is 0 Å². The maximum Gasteiger partial charge on any atom is 0.244 e. The molecule has 0 spiro atoms. The van der Waals surface area contributed by atoms with Crippen molar-refractivity contribution in [2.75, 3.05) is 24.2 Å². The number of hydrogen-bond donors (Lipinski definition) is 1. The lowest BCUT2D eigenvalue weighted by molar-refractivity contribution is -0.139. The predicted molar refractivity (Wildman–Crippen MR) is 122 cm³/mol. The molecule has 0 aliphatic rings. The van der Waals surface area contributed by atoms with E-state index < -0.39 is 40.2 Å². The number of sulfonamides is 1. The number of anilines is 1. The molecule has 0 bridgehead atoms. The molecule has 0 radical (unpaired) electrons. The normalized spacial score (nSPS) is 12.2. The summed E-state index contributed by atoms with van der Waals surface area (Å²) in [5.74, 6) is -1.72. The SMILES string of the molecule is CNC(=O)[C@@H](C)N(Cc1ccc(Br)cc1)C(=O)CN(c1ccc(F)c(Cl)c1)S(C)(=O)=O. The molecule has 2 rings (SSSR count). The van der Waals surface area contributed by atoms with E-state index in [1.54, 1.807) is 31.2 Å². The van der Waals surface area contributed by atoms with Gasteiger partial charge in [0.2, 0.25) is 21.8 Å². The number of carbonyl (C=O) groups excluding carboxylic acids is 2. The van der Waals surface area contributed by atoms with Gasteiger partial charge in [-0.1, -0.05) is 39.7 Å². The van der Waals surface area contributed by atoms with Crippen LogP contribution in [-0.2, 0) is 26.2 Å². The summed E-state index contributed by atoms with van der Waals surface area (Å²) in [6.07, 6.45) is 0.929. The van der Waals surface area contributed by atoms with Crippen molar-refractivity contribution in [3.05, 3.63) is 63.3 Å². The fourth-order valence-electron chi connectivity index (χ4n) is 2.83. The van der Waals surface area contributed by atoms with Crippen LogP contribution in [-0.4, -0.2) is 51.0 Å². The van der Waals surface area contributed by atoms with Crippen LogP contribution in [0.3, 0.4) is 0 Å². The highest BCUT2D eigenvalue weighted by Crippen LogP contribution is 2.25. The van der Waals surface area contributed by atoms with Crippen molar-refractivity contribution in [3.63, 3.8) is 0 Å². The lowest BCUT2D eigenvalue weighted by atomic mass is 10.1. The van der Waals surface area contributed by atoms with Crippen LogP contribution < -0.4 is 9.62 Å². The minimum Gasteiger partial charge on any atom is -0.357 e. The van der Waals surface area contributed by atoms with Gasteiger partial charge in [-0.05, 0) is 42.8 Å². The highest BCUT2D eigenvalue weighted by Gasteiger charge is 2.29. The van der Waals surface area contributed by atoms with Gasteiger partial charge in [0.05, 0.1) is 17.0 Å². The third-order valence-corrected chi connectivity index (χ3v) is 6.51. The Morgan fingerprint density at radius 3 is 2.32 bits per heavy atom. The smallest absolute Gasteiger partial charge is 0.244 e. The largest absolute Gasteiger partial charge is 0.357 e. The molecule has 168 valence electrons. The Morgan fingerprint density at radius 1 is 1.19 bits per heavy atom. The molecule has 0 aliphatic heterocycles. The molecule has 1 atom stereocenters. The van der Waals surface area contributed by atoms with E-state index in [4.69, 9.17) is 11.6 Å². The van der Waals surface area contributed by atoms with Crippen LogP contribution in [0.5, 0.6) is 0 Å². The fraction of sp³-hybridized carbons (Fsp3) is 0.300. The molecular formula is C20H22BrClFN3O4S. The minimum atomic E-state index is -3.91. The summed E-state index contributed by atoms with van der Waals surface area (Å²) in [5, 5.41) is 2.22. The van der Waals surface area contributed by atoms with Crippen LogP contribution in [0.2, 0.25) is 5.02 Å². The third-order valence-electron chi connectivity index (χ3n) is 4.55. The fourth-order valence-corrected chi connectivity index (χ4v) is 4.11. The Hall–Kier alpha value is -2.17. The number of rotatable bonds is 8. The van der Waals surface area contributed by atoms with E-state index in [9.17, 15) is 22.4 Å². The van der Waals surface area contributed by atoms with Crippen molar-refractivity contribution >= 4 is 55.1 Å². The zero-order valence-electron chi connectivity index (χ0n) is 17.1. The maximum atomic E-state index is 13.5. The number of likely N-dealkylation sites (N-methyl/N-ethyl adjacent to an activating group) is 1. The zero-order chi connectivity index (χ0) is 23.3. The average Bonchev–Trinajstić information content (AvgIpc) is 2.71. The van der Waals surface area contributed by atoms with Crippen molar-refractivity contribution in [2.24, 2.45) is 0 Å². The molecule has 1 N–H and O–H groups in total. The Labute approximate surface area is 194 Å². The maximum absolute atomic E-state index is 13.5. The zero-order valence-corrected chi connectivity index (χ0v) is 20.3. The van der Waals surface area contributed by atoms with E-state index >= 15 is 0 Å². The van der Waals surface area contributed by atoms with Gasteiger partial charge in [0, 0.05) is 18.1 Å². The number of hydrogen-bond acceptors (Lipinski definition) is 4. The molecular weight excluding hydrogens is 513 g/mol. The lowest BCUT2D eigenvalue weighted by Gasteiger charge is -2.31. The third kappa shape index (κ3) is 6.65. The molecule has 2 aromatic carbocycles. The number of nitrogens with one attached hydrogen (secondary N) is 1. The summed E-state index contributed by atoms with van der Waals surface area (Å²) in [5.41, 5.74) is 0.793.